The lowest BCUT2D eigenvalue weighted by atomic mass is 10.0. The van der Waals surface area contributed by atoms with Crippen LogP contribution in [0.1, 0.15) is 18.1 Å². The van der Waals surface area contributed by atoms with Crippen LogP contribution in [0.2, 0.25) is 0 Å². The minimum atomic E-state index is -0.471. The highest BCUT2D eigenvalue weighted by molar-refractivity contribution is 5.91. The lowest BCUT2D eigenvalue weighted by molar-refractivity contribution is -0.129. The third-order valence-electron chi connectivity index (χ3n) is 4.48. The van der Waals surface area contributed by atoms with E-state index >= 15 is 0 Å². The summed E-state index contributed by atoms with van der Waals surface area (Å²) in [5.41, 5.74) is 6.66. The Kier molecular flexibility index (Phi) is 7.05. The van der Waals surface area contributed by atoms with Gasteiger partial charge in [-0.3, -0.25) is 20.4 Å². The zero-order valence-electron chi connectivity index (χ0n) is 17.0. The summed E-state index contributed by atoms with van der Waals surface area (Å²) < 4.78 is 10.8. The van der Waals surface area contributed by atoms with Crippen LogP contribution in [-0.2, 0) is 16.0 Å². The largest absolute Gasteiger partial charge is 0.493 e. The molecule has 0 bridgehead atoms. The lowest BCUT2D eigenvalue weighted by Gasteiger charge is -2.12. The number of amides is 2. The molecule has 3 aromatic rings. The van der Waals surface area contributed by atoms with E-state index in [1.54, 1.807) is 6.07 Å². The van der Waals surface area contributed by atoms with Crippen LogP contribution in [0.3, 0.4) is 0 Å². The van der Waals surface area contributed by atoms with Crippen LogP contribution in [0.15, 0.2) is 66.7 Å². The molecule has 0 aliphatic carbocycles. The van der Waals surface area contributed by atoms with Gasteiger partial charge >= 0.3 is 0 Å². The van der Waals surface area contributed by atoms with Crippen molar-refractivity contribution in [1.29, 1.82) is 0 Å². The van der Waals surface area contributed by atoms with Crippen LogP contribution in [0, 0.1) is 0 Å². The zero-order valence-corrected chi connectivity index (χ0v) is 17.0. The first-order valence-corrected chi connectivity index (χ1v) is 9.58. The maximum absolute atomic E-state index is 12.2. The van der Waals surface area contributed by atoms with Gasteiger partial charge in [-0.1, -0.05) is 60.7 Å². The van der Waals surface area contributed by atoms with Crippen LogP contribution in [0.25, 0.3) is 16.8 Å². The fourth-order valence-corrected chi connectivity index (χ4v) is 3.08. The van der Waals surface area contributed by atoms with Crippen LogP contribution < -0.4 is 20.3 Å². The first kappa shape index (κ1) is 20.9. The molecule has 0 unspecified atom stereocenters. The topological polar surface area (TPSA) is 76.7 Å². The Morgan fingerprint density at radius 1 is 0.933 bits per heavy atom. The summed E-state index contributed by atoms with van der Waals surface area (Å²) >= 11 is 0. The second-order valence-electron chi connectivity index (χ2n) is 6.61. The fraction of sp³-hybridized carbons (Fsp3) is 0.167. The number of benzene rings is 3. The highest BCUT2D eigenvalue weighted by atomic mass is 16.5. The number of carbonyl (C=O) groups is 2. The smallest absolute Gasteiger partial charge is 0.276 e. The quantitative estimate of drug-likeness (QED) is 0.590. The molecule has 0 saturated heterocycles. The van der Waals surface area contributed by atoms with Crippen LogP contribution >= 0.6 is 0 Å². The molecule has 0 atom stereocenters. The molecule has 0 aromatic heterocycles. The third-order valence-corrected chi connectivity index (χ3v) is 4.48. The standard InChI is InChI=1S/C24H24N2O4/c1-3-7-17-12-13-21(22(14-17)29-2)30-16-24(28)26-25-23(27)15-19-10-6-9-18-8-4-5-11-20(18)19/h3-14H,15-16H2,1-2H3,(H,25,27)(H,26,28)/b7-3+. The van der Waals surface area contributed by atoms with E-state index in [2.05, 4.69) is 10.9 Å². The Balaban J connectivity index is 1.51. The van der Waals surface area contributed by atoms with Crippen molar-refractivity contribution in [3.63, 3.8) is 0 Å². The Labute approximate surface area is 175 Å². The average molecular weight is 404 g/mol. The molecule has 0 aliphatic rings. The lowest BCUT2D eigenvalue weighted by Crippen LogP contribution is -2.44. The SMILES string of the molecule is C/C=C/c1ccc(OCC(=O)NNC(=O)Cc2cccc3ccccc23)c(OC)c1. The number of nitrogens with one attached hydrogen (secondary N) is 2. The van der Waals surface area contributed by atoms with Crippen molar-refractivity contribution >= 4 is 28.7 Å². The number of hydrazine groups is 1. The molecule has 0 fully saturated rings. The third kappa shape index (κ3) is 5.38. The highest BCUT2D eigenvalue weighted by Gasteiger charge is 2.10. The normalized spacial score (nSPS) is 10.7. The Morgan fingerprint density at radius 3 is 2.50 bits per heavy atom. The van der Waals surface area contributed by atoms with Crippen molar-refractivity contribution in [2.45, 2.75) is 13.3 Å². The number of rotatable bonds is 7. The van der Waals surface area contributed by atoms with Crippen molar-refractivity contribution in [3.8, 4) is 11.5 Å². The Morgan fingerprint density at radius 2 is 1.70 bits per heavy atom. The van der Waals surface area contributed by atoms with Gasteiger partial charge in [0.2, 0.25) is 5.91 Å². The van der Waals surface area contributed by atoms with Gasteiger partial charge in [-0.2, -0.15) is 0 Å². The van der Waals surface area contributed by atoms with Crippen molar-refractivity contribution in [2.75, 3.05) is 13.7 Å². The highest BCUT2D eigenvalue weighted by Crippen LogP contribution is 2.28. The molecule has 6 nitrogen and oxygen atoms in total. The van der Waals surface area contributed by atoms with Gasteiger partial charge in [0.15, 0.2) is 18.1 Å². The molecule has 30 heavy (non-hydrogen) atoms. The molecule has 6 heteroatoms. The van der Waals surface area contributed by atoms with Gasteiger partial charge in [-0.15, -0.1) is 0 Å². The summed E-state index contributed by atoms with van der Waals surface area (Å²) in [5.74, 6) is 0.190. The Hall–Kier alpha value is -3.80. The minimum absolute atomic E-state index is 0.155. The molecule has 0 heterocycles. The molecular weight excluding hydrogens is 380 g/mol. The maximum Gasteiger partial charge on any atom is 0.276 e. The Bertz CT molecular complexity index is 1070. The molecule has 0 saturated carbocycles. The number of carbonyl (C=O) groups excluding carboxylic acids is 2. The molecule has 0 spiro atoms. The van der Waals surface area contributed by atoms with E-state index in [0.29, 0.717) is 11.5 Å². The first-order valence-electron chi connectivity index (χ1n) is 9.58. The van der Waals surface area contributed by atoms with Crippen molar-refractivity contribution in [3.05, 3.63) is 77.9 Å². The number of ether oxygens (including phenoxy) is 2. The maximum atomic E-state index is 12.2. The summed E-state index contributed by atoms with van der Waals surface area (Å²) in [6.45, 7) is 1.67. The van der Waals surface area contributed by atoms with Crippen molar-refractivity contribution in [2.24, 2.45) is 0 Å². The molecule has 0 radical (unpaired) electrons. The predicted molar refractivity (Wildman–Crippen MR) is 117 cm³/mol. The van der Waals surface area contributed by atoms with E-state index in [0.717, 1.165) is 21.9 Å². The van der Waals surface area contributed by atoms with Crippen LogP contribution in [0.4, 0.5) is 0 Å². The second kappa shape index (κ2) is 10.1. The van der Waals surface area contributed by atoms with Crippen LogP contribution in [0.5, 0.6) is 11.5 Å². The van der Waals surface area contributed by atoms with E-state index in [1.807, 2.05) is 73.7 Å². The van der Waals surface area contributed by atoms with Gasteiger partial charge in [-0.05, 0) is 41.0 Å². The van der Waals surface area contributed by atoms with Gasteiger partial charge in [0.05, 0.1) is 13.5 Å². The summed E-state index contributed by atoms with van der Waals surface area (Å²) in [6.07, 6.45) is 4.01. The molecule has 154 valence electrons. The van der Waals surface area contributed by atoms with E-state index < -0.39 is 5.91 Å². The van der Waals surface area contributed by atoms with Crippen molar-refractivity contribution < 1.29 is 19.1 Å². The predicted octanol–water partition coefficient (Wildman–Crippen LogP) is 3.65. The molecule has 0 aliphatic heterocycles. The molecular formula is C24H24N2O4. The summed E-state index contributed by atoms with van der Waals surface area (Å²) in [5, 5.41) is 2.08. The van der Waals surface area contributed by atoms with Gasteiger partial charge in [0.1, 0.15) is 0 Å². The minimum Gasteiger partial charge on any atom is -0.493 e. The number of fused-ring (bicyclic) bond motifs is 1. The monoisotopic (exact) mass is 404 g/mol. The number of methoxy groups -OCH3 is 1. The van der Waals surface area contributed by atoms with Gasteiger partial charge in [0, 0.05) is 0 Å². The summed E-state index contributed by atoms with van der Waals surface area (Å²) in [7, 11) is 1.54. The van der Waals surface area contributed by atoms with Crippen LogP contribution in [-0.4, -0.2) is 25.5 Å². The van der Waals surface area contributed by atoms with Gasteiger partial charge < -0.3 is 9.47 Å². The second-order valence-corrected chi connectivity index (χ2v) is 6.61. The molecule has 3 rings (SSSR count). The van der Waals surface area contributed by atoms with E-state index in [-0.39, 0.29) is 18.9 Å². The van der Waals surface area contributed by atoms with E-state index in [1.165, 1.54) is 7.11 Å². The fourth-order valence-electron chi connectivity index (χ4n) is 3.08. The average Bonchev–Trinajstić information content (AvgIpc) is 2.77. The number of hydrogen-bond donors (Lipinski definition) is 2. The van der Waals surface area contributed by atoms with E-state index in [9.17, 15) is 9.59 Å². The summed E-state index contributed by atoms with van der Waals surface area (Å²) in [4.78, 5) is 24.3. The molecule has 2 N–H and O–H groups in total. The number of allylic oxidation sites excluding steroid dienone is 1. The van der Waals surface area contributed by atoms with Gasteiger partial charge in [-0.25, -0.2) is 0 Å². The number of hydrogen-bond acceptors (Lipinski definition) is 4. The summed E-state index contributed by atoms with van der Waals surface area (Å²) in [6, 6.07) is 19.1. The first-order chi connectivity index (χ1) is 14.6. The molecule has 2 amide bonds. The van der Waals surface area contributed by atoms with Crippen molar-refractivity contribution in [1.82, 2.24) is 10.9 Å². The van der Waals surface area contributed by atoms with E-state index in [4.69, 9.17) is 9.47 Å². The molecule has 3 aromatic carbocycles. The zero-order chi connectivity index (χ0) is 21.3. The van der Waals surface area contributed by atoms with Gasteiger partial charge in [0.25, 0.3) is 5.91 Å².